The number of hydrogen-bond donors (Lipinski definition) is 1. The summed E-state index contributed by atoms with van der Waals surface area (Å²) in [5, 5.41) is 19.2. The first-order chi connectivity index (χ1) is 10.3. The van der Waals surface area contributed by atoms with Gasteiger partial charge in [0.1, 0.15) is 0 Å². The summed E-state index contributed by atoms with van der Waals surface area (Å²) < 4.78 is 0. The monoisotopic (exact) mass is 278 g/mol. The Morgan fingerprint density at radius 3 is 2.90 bits per heavy atom. The zero-order valence-corrected chi connectivity index (χ0v) is 11.9. The van der Waals surface area contributed by atoms with Crippen molar-refractivity contribution < 1.29 is 5.11 Å². The maximum absolute atomic E-state index is 10.2. The lowest BCUT2D eigenvalue weighted by Crippen LogP contribution is -2.23. The average Bonchev–Trinajstić information content (AvgIpc) is 2.68. The molecule has 0 radical (unpaired) electrons. The van der Waals surface area contributed by atoms with Crippen LogP contribution >= 0.6 is 0 Å². The second kappa shape index (κ2) is 5.99. The van der Waals surface area contributed by atoms with Crippen molar-refractivity contribution >= 4 is 5.69 Å². The van der Waals surface area contributed by atoms with E-state index >= 15 is 0 Å². The van der Waals surface area contributed by atoms with E-state index < -0.39 is 0 Å². The fourth-order valence-electron chi connectivity index (χ4n) is 2.93. The van der Waals surface area contributed by atoms with E-state index in [0.717, 1.165) is 42.7 Å². The summed E-state index contributed by atoms with van der Waals surface area (Å²) in [6.45, 7) is 1.68. The molecule has 1 heterocycles. The van der Waals surface area contributed by atoms with Crippen LogP contribution in [0.5, 0.6) is 0 Å². The molecule has 0 aromatic heterocycles. The molecule has 1 unspecified atom stereocenters. The van der Waals surface area contributed by atoms with Gasteiger partial charge < -0.3 is 10.0 Å². The molecular weight excluding hydrogens is 260 g/mol. The van der Waals surface area contributed by atoms with E-state index in [9.17, 15) is 5.11 Å². The summed E-state index contributed by atoms with van der Waals surface area (Å²) in [4.78, 5) is 2.29. The van der Waals surface area contributed by atoms with Crippen molar-refractivity contribution in [1.29, 1.82) is 5.26 Å². The Hall–Kier alpha value is -2.31. The van der Waals surface area contributed by atoms with Gasteiger partial charge in [0, 0.05) is 24.3 Å². The number of rotatable bonds is 2. The van der Waals surface area contributed by atoms with Crippen molar-refractivity contribution in [3.05, 3.63) is 65.2 Å². The average molecular weight is 278 g/mol. The lowest BCUT2D eigenvalue weighted by atomic mass is 10.0. The minimum absolute atomic E-state index is 0.378. The zero-order valence-electron chi connectivity index (χ0n) is 11.9. The topological polar surface area (TPSA) is 47.3 Å². The molecule has 2 aromatic rings. The molecule has 0 saturated carbocycles. The maximum atomic E-state index is 10.2. The first-order valence-electron chi connectivity index (χ1n) is 7.29. The predicted molar refractivity (Wildman–Crippen MR) is 82.8 cm³/mol. The Morgan fingerprint density at radius 2 is 2.05 bits per heavy atom. The molecule has 2 aromatic carbocycles. The van der Waals surface area contributed by atoms with E-state index in [1.165, 1.54) is 0 Å². The largest absolute Gasteiger partial charge is 0.388 e. The van der Waals surface area contributed by atoms with Crippen LogP contribution in [-0.2, 0) is 6.54 Å². The van der Waals surface area contributed by atoms with Gasteiger partial charge >= 0.3 is 0 Å². The predicted octanol–water partition coefficient (Wildman–Crippen LogP) is 3.39. The minimum Gasteiger partial charge on any atom is -0.388 e. The standard InChI is InChI=1S/C18H18N2O/c19-12-14-5-3-6-15(11-14)13-20-10-4-9-18(21)16-7-1-2-8-17(16)20/h1-3,5-8,11,18,21H,4,9-10,13H2. The van der Waals surface area contributed by atoms with Crippen LogP contribution in [0.3, 0.4) is 0 Å². The van der Waals surface area contributed by atoms with Crippen LogP contribution in [0.2, 0.25) is 0 Å². The van der Waals surface area contributed by atoms with Crippen LogP contribution in [0, 0.1) is 11.3 Å². The number of hydrogen-bond acceptors (Lipinski definition) is 3. The Bertz CT molecular complexity index is 675. The van der Waals surface area contributed by atoms with Gasteiger partial charge in [-0.15, -0.1) is 0 Å². The minimum atomic E-state index is -0.378. The van der Waals surface area contributed by atoms with Crippen LogP contribution in [-0.4, -0.2) is 11.7 Å². The van der Waals surface area contributed by atoms with Crippen LogP contribution in [0.4, 0.5) is 5.69 Å². The van der Waals surface area contributed by atoms with Crippen LogP contribution < -0.4 is 4.90 Å². The fraction of sp³-hybridized carbons (Fsp3) is 0.278. The molecule has 0 fully saturated rings. The van der Waals surface area contributed by atoms with Gasteiger partial charge in [0.25, 0.3) is 0 Å². The SMILES string of the molecule is N#Cc1cccc(CN2CCCC(O)c3ccccc32)c1. The second-order valence-electron chi connectivity index (χ2n) is 5.45. The van der Waals surface area contributed by atoms with Gasteiger partial charge in [0.2, 0.25) is 0 Å². The normalized spacial score (nSPS) is 17.7. The van der Waals surface area contributed by atoms with Gasteiger partial charge in [0.05, 0.1) is 17.7 Å². The van der Waals surface area contributed by atoms with Gasteiger partial charge in [-0.25, -0.2) is 0 Å². The van der Waals surface area contributed by atoms with Crippen molar-refractivity contribution in [2.75, 3.05) is 11.4 Å². The molecule has 1 aliphatic heterocycles. The molecule has 0 saturated heterocycles. The van der Waals surface area contributed by atoms with E-state index in [4.69, 9.17) is 5.26 Å². The molecule has 3 nitrogen and oxygen atoms in total. The van der Waals surface area contributed by atoms with Crippen LogP contribution in [0.1, 0.15) is 35.6 Å². The Morgan fingerprint density at radius 1 is 1.19 bits per heavy atom. The number of aliphatic hydroxyl groups is 1. The molecule has 0 amide bonds. The molecule has 0 aliphatic carbocycles. The number of para-hydroxylation sites is 1. The van der Waals surface area contributed by atoms with Gasteiger partial charge in [-0.1, -0.05) is 30.3 Å². The number of nitrogens with zero attached hydrogens (tertiary/aromatic N) is 2. The Labute approximate surface area is 125 Å². The summed E-state index contributed by atoms with van der Waals surface area (Å²) in [5.74, 6) is 0. The van der Waals surface area contributed by atoms with Gasteiger partial charge in [-0.05, 0) is 36.6 Å². The Balaban J connectivity index is 1.91. The second-order valence-corrected chi connectivity index (χ2v) is 5.45. The lowest BCUT2D eigenvalue weighted by Gasteiger charge is -2.25. The maximum Gasteiger partial charge on any atom is 0.0991 e. The highest BCUT2D eigenvalue weighted by Gasteiger charge is 2.20. The molecular formula is C18H18N2O. The Kier molecular flexibility index (Phi) is 3.89. The number of aliphatic hydroxyl groups excluding tert-OH is 1. The summed E-state index contributed by atoms with van der Waals surface area (Å²) in [5.41, 5.74) is 3.92. The van der Waals surface area contributed by atoms with Gasteiger partial charge in [0.15, 0.2) is 0 Å². The lowest BCUT2D eigenvalue weighted by molar-refractivity contribution is 0.168. The third-order valence-electron chi connectivity index (χ3n) is 3.97. The quantitative estimate of drug-likeness (QED) is 0.916. The molecule has 21 heavy (non-hydrogen) atoms. The van der Waals surface area contributed by atoms with Gasteiger partial charge in [-0.2, -0.15) is 5.26 Å². The van der Waals surface area contributed by atoms with Crippen molar-refractivity contribution in [1.82, 2.24) is 0 Å². The molecule has 1 N–H and O–H groups in total. The number of benzene rings is 2. The van der Waals surface area contributed by atoms with Gasteiger partial charge in [-0.3, -0.25) is 0 Å². The van der Waals surface area contributed by atoms with Crippen LogP contribution in [0.15, 0.2) is 48.5 Å². The van der Waals surface area contributed by atoms with Crippen molar-refractivity contribution in [2.45, 2.75) is 25.5 Å². The third-order valence-corrected chi connectivity index (χ3v) is 3.97. The number of anilines is 1. The summed E-state index contributed by atoms with van der Waals surface area (Å²) in [6, 6.07) is 18.0. The highest BCUT2D eigenvalue weighted by Crippen LogP contribution is 2.33. The van der Waals surface area contributed by atoms with E-state index in [1.54, 1.807) is 0 Å². The van der Waals surface area contributed by atoms with Crippen molar-refractivity contribution in [3.8, 4) is 6.07 Å². The number of nitriles is 1. The molecule has 3 heteroatoms. The molecule has 0 bridgehead atoms. The van der Waals surface area contributed by atoms with Crippen molar-refractivity contribution in [2.24, 2.45) is 0 Å². The van der Waals surface area contributed by atoms with Crippen molar-refractivity contribution in [3.63, 3.8) is 0 Å². The smallest absolute Gasteiger partial charge is 0.0991 e. The van der Waals surface area contributed by atoms with Crippen LogP contribution in [0.25, 0.3) is 0 Å². The third kappa shape index (κ3) is 2.91. The molecule has 3 rings (SSSR count). The number of fused-ring (bicyclic) bond motifs is 1. The zero-order chi connectivity index (χ0) is 14.7. The highest BCUT2D eigenvalue weighted by atomic mass is 16.3. The molecule has 1 aliphatic rings. The summed E-state index contributed by atoms with van der Waals surface area (Å²) >= 11 is 0. The van der Waals surface area contributed by atoms with E-state index in [2.05, 4.69) is 17.0 Å². The summed E-state index contributed by atoms with van der Waals surface area (Å²) in [6.07, 6.45) is 1.39. The summed E-state index contributed by atoms with van der Waals surface area (Å²) in [7, 11) is 0. The van der Waals surface area contributed by atoms with E-state index in [0.29, 0.717) is 5.56 Å². The first kappa shape index (κ1) is 13.7. The first-order valence-corrected chi connectivity index (χ1v) is 7.29. The molecule has 1 atom stereocenters. The molecule has 106 valence electrons. The van der Waals surface area contributed by atoms with E-state index in [1.807, 2.05) is 42.5 Å². The van der Waals surface area contributed by atoms with E-state index in [-0.39, 0.29) is 6.10 Å². The highest BCUT2D eigenvalue weighted by molar-refractivity contribution is 5.56. The fourth-order valence-corrected chi connectivity index (χ4v) is 2.93. The molecule has 0 spiro atoms.